The number of carboxylic acids is 1. The molecule has 0 amide bonds. The lowest BCUT2D eigenvalue weighted by Crippen LogP contribution is -2.43. The van der Waals surface area contributed by atoms with Gasteiger partial charge in [-0.2, -0.15) is 0 Å². The summed E-state index contributed by atoms with van der Waals surface area (Å²) in [6.45, 7) is 11.6. The number of pyridine rings is 1. The van der Waals surface area contributed by atoms with E-state index in [1.165, 1.54) is 12.1 Å². The monoisotopic (exact) mass is 400 g/mol. The molecule has 0 aliphatic carbocycles. The summed E-state index contributed by atoms with van der Waals surface area (Å²) in [7, 11) is 0. The second kappa shape index (κ2) is 8.01. The minimum absolute atomic E-state index is 0.156. The molecule has 3 rings (SSSR count). The number of nitrogens with zero attached hydrogens (tertiary/aromatic N) is 2. The van der Waals surface area contributed by atoms with Gasteiger partial charge in [0.25, 0.3) is 0 Å². The lowest BCUT2D eigenvalue weighted by Gasteiger charge is -2.36. The van der Waals surface area contributed by atoms with Crippen LogP contribution < -0.4 is 9.64 Å². The van der Waals surface area contributed by atoms with Crippen molar-refractivity contribution in [2.75, 3.05) is 18.1 Å². The van der Waals surface area contributed by atoms with Crippen LogP contribution in [0.25, 0.3) is 11.3 Å². The number of aromatic carboxylic acids is 1. The maximum Gasteiger partial charge on any atom is 0.339 e. The van der Waals surface area contributed by atoms with Gasteiger partial charge in [-0.15, -0.1) is 0 Å². The second-order valence-electron chi connectivity index (χ2n) is 8.75. The minimum Gasteiger partial charge on any atom is -0.493 e. The van der Waals surface area contributed by atoms with Gasteiger partial charge >= 0.3 is 5.97 Å². The molecule has 1 saturated heterocycles. The van der Waals surface area contributed by atoms with Crippen molar-refractivity contribution < 1.29 is 19.0 Å². The van der Waals surface area contributed by atoms with Crippen LogP contribution in [0.15, 0.2) is 30.3 Å². The molecular formula is C23H29FN2O3. The molecule has 2 heterocycles. The first-order valence-electron chi connectivity index (χ1n) is 10.1. The molecule has 1 atom stereocenters. The summed E-state index contributed by atoms with van der Waals surface area (Å²) < 4.78 is 19.9. The standard InChI is InChI=1S/C23H29FN2O3/c1-14(2)13-29-18-11-16(10-17(24)12-18)20-7-6-19(22(27)28)21(25-20)26-9-8-15(3)23(26,4)5/h6-7,10-12,14-15H,8-9,13H2,1-5H3,(H,27,28). The normalized spacial score (nSPS) is 18.3. The summed E-state index contributed by atoms with van der Waals surface area (Å²) in [5.74, 6) is 0.157. The topological polar surface area (TPSA) is 62.7 Å². The third-order valence-corrected chi connectivity index (χ3v) is 5.80. The van der Waals surface area contributed by atoms with E-state index in [-0.39, 0.29) is 11.1 Å². The van der Waals surface area contributed by atoms with E-state index in [0.717, 1.165) is 13.0 Å². The Kier molecular flexibility index (Phi) is 5.82. The van der Waals surface area contributed by atoms with Crippen molar-refractivity contribution in [1.29, 1.82) is 0 Å². The van der Waals surface area contributed by atoms with Crippen LogP contribution in [0.2, 0.25) is 0 Å². The summed E-state index contributed by atoms with van der Waals surface area (Å²) >= 11 is 0. The molecule has 156 valence electrons. The number of benzene rings is 1. The molecule has 1 unspecified atom stereocenters. The second-order valence-corrected chi connectivity index (χ2v) is 8.75. The molecule has 5 nitrogen and oxygen atoms in total. The summed E-state index contributed by atoms with van der Waals surface area (Å²) in [6.07, 6.45) is 0.963. The zero-order chi connectivity index (χ0) is 21.3. The number of carbonyl (C=O) groups is 1. The number of carboxylic acid groups (broad SMARTS) is 1. The minimum atomic E-state index is -1.02. The Balaban J connectivity index is 2.05. The fraction of sp³-hybridized carbons (Fsp3) is 0.478. The van der Waals surface area contributed by atoms with E-state index in [1.54, 1.807) is 18.2 Å². The zero-order valence-corrected chi connectivity index (χ0v) is 17.7. The number of ether oxygens (including phenoxy) is 1. The Bertz CT molecular complexity index is 911. The molecule has 1 aliphatic heterocycles. The van der Waals surface area contributed by atoms with Gasteiger partial charge in [0, 0.05) is 23.7 Å². The van der Waals surface area contributed by atoms with Crippen LogP contribution in [0.4, 0.5) is 10.2 Å². The number of rotatable bonds is 6. The molecular weight excluding hydrogens is 371 g/mol. The van der Waals surface area contributed by atoms with E-state index in [9.17, 15) is 14.3 Å². The van der Waals surface area contributed by atoms with Gasteiger partial charge in [-0.05, 0) is 56.4 Å². The number of hydrogen-bond donors (Lipinski definition) is 1. The smallest absolute Gasteiger partial charge is 0.339 e. The van der Waals surface area contributed by atoms with E-state index >= 15 is 0 Å². The Labute approximate surface area is 171 Å². The van der Waals surface area contributed by atoms with Gasteiger partial charge in [-0.25, -0.2) is 14.2 Å². The molecule has 6 heteroatoms. The number of hydrogen-bond acceptors (Lipinski definition) is 4. The summed E-state index contributed by atoms with van der Waals surface area (Å²) in [4.78, 5) is 18.6. The van der Waals surface area contributed by atoms with Crippen LogP contribution in [0.1, 0.15) is 51.4 Å². The largest absolute Gasteiger partial charge is 0.493 e. The van der Waals surface area contributed by atoms with Crippen LogP contribution in [0, 0.1) is 17.7 Å². The molecule has 0 spiro atoms. The molecule has 0 saturated carbocycles. The third-order valence-electron chi connectivity index (χ3n) is 5.80. The predicted octanol–water partition coefficient (Wildman–Crippen LogP) is 5.25. The van der Waals surface area contributed by atoms with Crippen molar-refractivity contribution in [2.24, 2.45) is 11.8 Å². The average molecular weight is 400 g/mol. The average Bonchev–Trinajstić information content (AvgIpc) is 2.91. The highest BCUT2D eigenvalue weighted by molar-refractivity contribution is 5.94. The third kappa shape index (κ3) is 4.36. The molecule has 29 heavy (non-hydrogen) atoms. The van der Waals surface area contributed by atoms with E-state index in [4.69, 9.17) is 4.74 Å². The fourth-order valence-electron chi connectivity index (χ4n) is 3.65. The molecule has 0 bridgehead atoms. The highest BCUT2D eigenvalue weighted by Gasteiger charge is 2.40. The fourth-order valence-corrected chi connectivity index (χ4v) is 3.65. The van der Waals surface area contributed by atoms with Crippen molar-refractivity contribution >= 4 is 11.8 Å². The summed E-state index contributed by atoms with van der Waals surface area (Å²) in [5.41, 5.74) is 1.02. The van der Waals surface area contributed by atoms with E-state index < -0.39 is 11.8 Å². The molecule has 0 radical (unpaired) electrons. The first-order valence-corrected chi connectivity index (χ1v) is 10.1. The van der Waals surface area contributed by atoms with E-state index in [1.807, 2.05) is 13.8 Å². The van der Waals surface area contributed by atoms with Crippen molar-refractivity contribution in [2.45, 2.75) is 46.6 Å². The van der Waals surface area contributed by atoms with Crippen molar-refractivity contribution in [3.63, 3.8) is 0 Å². The van der Waals surface area contributed by atoms with Gasteiger partial charge in [0.1, 0.15) is 22.9 Å². The van der Waals surface area contributed by atoms with E-state index in [2.05, 4.69) is 30.7 Å². The van der Waals surface area contributed by atoms with Crippen LogP contribution in [0.3, 0.4) is 0 Å². The van der Waals surface area contributed by atoms with Gasteiger partial charge in [0.15, 0.2) is 0 Å². The SMILES string of the molecule is CC(C)COc1cc(F)cc(-c2ccc(C(=O)O)c(N3CCC(C)C3(C)C)n2)c1. The first-order chi connectivity index (χ1) is 13.6. The van der Waals surface area contributed by atoms with Crippen molar-refractivity contribution in [3.05, 3.63) is 41.7 Å². The molecule has 1 aromatic heterocycles. The van der Waals surface area contributed by atoms with Crippen LogP contribution in [-0.2, 0) is 0 Å². The molecule has 1 aliphatic rings. The maximum absolute atomic E-state index is 14.2. The maximum atomic E-state index is 14.2. The van der Waals surface area contributed by atoms with Gasteiger partial charge in [0.2, 0.25) is 0 Å². The number of halogens is 1. The Morgan fingerprint density at radius 1 is 1.34 bits per heavy atom. The van der Waals surface area contributed by atoms with Gasteiger partial charge in [-0.1, -0.05) is 20.8 Å². The summed E-state index contributed by atoms with van der Waals surface area (Å²) in [6, 6.07) is 7.67. The molecule has 1 fully saturated rings. The molecule has 1 N–H and O–H groups in total. The number of anilines is 1. The van der Waals surface area contributed by atoms with Gasteiger partial charge in [0.05, 0.1) is 12.3 Å². The van der Waals surface area contributed by atoms with E-state index in [0.29, 0.717) is 41.3 Å². The quantitative estimate of drug-likeness (QED) is 0.718. The Morgan fingerprint density at radius 3 is 2.66 bits per heavy atom. The van der Waals surface area contributed by atoms with Crippen LogP contribution in [0.5, 0.6) is 5.75 Å². The Morgan fingerprint density at radius 2 is 2.07 bits per heavy atom. The Hall–Kier alpha value is -2.63. The van der Waals surface area contributed by atoms with Crippen molar-refractivity contribution in [1.82, 2.24) is 4.98 Å². The van der Waals surface area contributed by atoms with Gasteiger partial charge in [-0.3, -0.25) is 0 Å². The summed E-state index contributed by atoms with van der Waals surface area (Å²) in [5, 5.41) is 9.69. The number of aromatic nitrogens is 1. The zero-order valence-electron chi connectivity index (χ0n) is 17.7. The van der Waals surface area contributed by atoms with Crippen LogP contribution in [-0.4, -0.2) is 34.8 Å². The molecule has 2 aromatic rings. The van der Waals surface area contributed by atoms with Crippen LogP contribution >= 0.6 is 0 Å². The lowest BCUT2D eigenvalue weighted by molar-refractivity contribution is 0.0697. The predicted molar refractivity (Wildman–Crippen MR) is 112 cm³/mol. The highest BCUT2D eigenvalue weighted by atomic mass is 19.1. The molecule has 1 aromatic carbocycles. The highest BCUT2D eigenvalue weighted by Crippen LogP contribution is 2.39. The van der Waals surface area contributed by atoms with Crippen molar-refractivity contribution in [3.8, 4) is 17.0 Å². The van der Waals surface area contributed by atoms with Gasteiger partial charge < -0.3 is 14.7 Å². The first kappa shape index (κ1) is 21.1. The lowest BCUT2D eigenvalue weighted by atomic mass is 9.90.